The summed E-state index contributed by atoms with van der Waals surface area (Å²) in [6.45, 7) is 5.67. The van der Waals surface area contributed by atoms with Gasteiger partial charge in [-0.3, -0.25) is 9.88 Å². The molecular weight excluding hydrogens is 274 g/mol. The Morgan fingerprint density at radius 1 is 1.30 bits per heavy atom. The monoisotopic (exact) mass is 293 g/mol. The van der Waals surface area contributed by atoms with Crippen LogP contribution in [0.4, 0.5) is 5.69 Å². The van der Waals surface area contributed by atoms with Crippen molar-refractivity contribution < 1.29 is 5.11 Å². The van der Waals surface area contributed by atoms with Gasteiger partial charge in [0.25, 0.3) is 0 Å². The highest BCUT2D eigenvalue weighted by Gasteiger charge is 2.04. The fourth-order valence-corrected chi connectivity index (χ4v) is 2.36. The Morgan fingerprint density at radius 2 is 2.15 bits per heavy atom. The zero-order valence-corrected chi connectivity index (χ0v) is 12.4. The minimum atomic E-state index is 0.199. The van der Waals surface area contributed by atoms with Crippen molar-refractivity contribution in [3.8, 4) is 0 Å². The summed E-state index contributed by atoms with van der Waals surface area (Å²) in [5.74, 6) is 0. The molecule has 0 aliphatic carbocycles. The van der Waals surface area contributed by atoms with Gasteiger partial charge in [-0.15, -0.1) is 0 Å². The van der Waals surface area contributed by atoms with E-state index in [4.69, 9.17) is 16.7 Å². The first-order valence-corrected chi connectivity index (χ1v) is 7.23. The van der Waals surface area contributed by atoms with E-state index in [0.29, 0.717) is 11.6 Å². The van der Waals surface area contributed by atoms with Gasteiger partial charge in [-0.25, -0.2) is 0 Å². The molecule has 1 aromatic heterocycles. The van der Waals surface area contributed by atoms with Crippen molar-refractivity contribution >= 4 is 28.2 Å². The van der Waals surface area contributed by atoms with E-state index < -0.39 is 0 Å². The zero-order chi connectivity index (χ0) is 14.4. The summed E-state index contributed by atoms with van der Waals surface area (Å²) in [5.41, 5.74) is 1.96. The number of nitrogens with zero attached hydrogens (tertiary/aromatic N) is 2. The van der Waals surface area contributed by atoms with Gasteiger partial charge in [-0.05, 0) is 30.8 Å². The maximum atomic E-state index is 8.97. The zero-order valence-electron chi connectivity index (χ0n) is 11.6. The van der Waals surface area contributed by atoms with Crippen LogP contribution in [0.1, 0.15) is 6.92 Å². The van der Waals surface area contributed by atoms with Crippen LogP contribution < -0.4 is 5.32 Å². The van der Waals surface area contributed by atoms with Crippen LogP contribution in [0.3, 0.4) is 0 Å². The largest absolute Gasteiger partial charge is 0.395 e. The summed E-state index contributed by atoms with van der Waals surface area (Å²) in [4.78, 5) is 6.53. The molecule has 0 saturated carbocycles. The van der Waals surface area contributed by atoms with E-state index in [-0.39, 0.29) is 6.61 Å². The number of benzene rings is 1. The topological polar surface area (TPSA) is 48.4 Å². The van der Waals surface area contributed by atoms with Crippen LogP contribution in [0.2, 0.25) is 5.02 Å². The number of aromatic nitrogens is 1. The first-order valence-electron chi connectivity index (χ1n) is 6.86. The van der Waals surface area contributed by atoms with Crippen molar-refractivity contribution in [2.24, 2.45) is 0 Å². The van der Waals surface area contributed by atoms with Crippen LogP contribution in [0.5, 0.6) is 0 Å². The van der Waals surface area contributed by atoms with Crippen molar-refractivity contribution in [2.75, 3.05) is 38.1 Å². The highest BCUT2D eigenvalue weighted by molar-refractivity contribution is 6.31. The number of anilines is 1. The molecule has 2 aromatic rings. The van der Waals surface area contributed by atoms with Crippen molar-refractivity contribution in [3.05, 3.63) is 35.5 Å². The van der Waals surface area contributed by atoms with E-state index in [1.807, 2.05) is 24.3 Å². The smallest absolute Gasteiger partial charge is 0.0737 e. The highest BCUT2D eigenvalue weighted by Crippen LogP contribution is 2.24. The summed E-state index contributed by atoms with van der Waals surface area (Å²) in [7, 11) is 0. The van der Waals surface area contributed by atoms with Gasteiger partial charge < -0.3 is 10.4 Å². The molecule has 2 N–H and O–H groups in total. The van der Waals surface area contributed by atoms with E-state index in [1.54, 1.807) is 6.20 Å². The number of aliphatic hydroxyl groups is 1. The molecule has 0 unspecified atom stereocenters. The number of aliphatic hydroxyl groups excluding tert-OH is 1. The van der Waals surface area contributed by atoms with Crippen LogP contribution >= 0.6 is 11.6 Å². The van der Waals surface area contributed by atoms with E-state index in [1.165, 1.54) is 0 Å². The fourth-order valence-electron chi connectivity index (χ4n) is 2.19. The average Bonchev–Trinajstić information content (AvgIpc) is 2.46. The molecule has 4 nitrogen and oxygen atoms in total. The molecule has 1 aromatic carbocycles. The highest BCUT2D eigenvalue weighted by atomic mass is 35.5. The number of fused-ring (bicyclic) bond motifs is 1. The molecule has 0 atom stereocenters. The minimum absolute atomic E-state index is 0.199. The van der Waals surface area contributed by atoms with Gasteiger partial charge in [0, 0.05) is 41.9 Å². The lowest BCUT2D eigenvalue weighted by Crippen LogP contribution is -2.31. The molecule has 1 heterocycles. The number of hydrogen-bond acceptors (Lipinski definition) is 4. The Labute approximate surface area is 124 Å². The number of pyridine rings is 1. The van der Waals surface area contributed by atoms with Gasteiger partial charge in [0.2, 0.25) is 0 Å². The summed E-state index contributed by atoms with van der Waals surface area (Å²) in [6, 6.07) is 7.70. The molecule has 0 saturated heterocycles. The first-order chi connectivity index (χ1) is 9.74. The Bertz CT molecular complexity index is 562. The minimum Gasteiger partial charge on any atom is -0.395 e. The predicted octanol–water partition coefficient (Wildman–Crippen LogP) is 2.61. The molecule has 0 amide bonds. The lowest BCUT2D eigenvalue weighted by Gasteiger charge is -2.19. The van der Waals surface area contributed by atoms with Crippen LogP contribution in [-0.4, -0.2) is 47.8 Å². The standard InChI is InChI=1S/C15H20ClN3O/c1-2-19(9-10-20)8-7-18-14-5-6-17-15-11-12(16)3-4-13(14)15/h3-6,11,20H,2,7-10H2,1H3,(H,17,18). The Balaban J connectivity index is 2.03. The number of nitrogens with one attached hydrogen (secondary N) is 1. The third kappa shape index (κ3) is 3.82. The number of likely N-dealkylation sites (N-methyl/N-ethyl adjacent to an activating group) is 1. The predicted molar refractivity (Wildman–Crippen MR) is 84.4 cm³/mol. The Kier molecular flexibility index (Phi) is 5.59. The van der Waals surface area contributed by atoms with Gasteiger partial charge in [-0.2, -0.15) is 0 Å². The fraction of sp³-hybridized carbons (Fsp3) is 0.400. The maximum absolute atomic E-state index is 8.97. The van der Waals surface area contributed by atoms with Crippen LogP contribution in [-0.2, 0) is 0 Å². The van der Waals surface area contributed by atoms with Crippen LogP contribution in [0.15, 0.2) is 30.5 Å². The normalized spacial score (nSPS) is 11.2. The van der Waals surface area contributed by atoms with Gasteiger partial charge in [0.05, 0.1) is 12.1 Å². The van der Waals surface area contributed by atoms with Crippen molar-refractivity contribution in [1.82, 2.24) is 9.88 Å². The molecule has 0 radical (unpaired) electrons. The number of hydrogen-bond donors (Lipinski definition) is 2. The molecule has 0 aliphatic rings. The molecule has 108 valence electrons. The number of rotatable bonds is 7. The molecule has 5 heteroatoms. The van der Waals surface area contributed by atoms with Crippen LogP contribution in [0.25, 0.3) is 10.9 Å². The average molecular weight is 294 g/mol. The summed E-state index contributed by atoms with van der Waals surface area (Å²) < 4.78 is 0. The van der Waals surface area contributed by atoms with Crippen molar-refractivity contribution in [2.45, 2.75) is 6.92 Å². The molecule has 20 heavy (non-hydrogen) atoms. The second-order valence-electron chi connectivity index (χ2n) is 4.60. The summed E-state index contributed by atoms with van der Waals surface area (Å²) in [6.07, 6.45) is 1.78. The van der Waals surface area contributed by atoms with Gasteiger partial charge in [0.15, 0.2) is 0 Å². The Hall–Kier alpha value is -1.36. The van der Waals surface area contributed by atoms with Crippen molar-refractivity contribution in [1.29, 1.82) is 0 Å². The lowest BCUT2D eigenvalue weighted by atomic mass is 10.2. The molecule has 0 fully saturated rings. The van der Waals surface area contributed by atoms with E-state index in [2.05, 4.69) is 22.1 Å². The molecule has 2 rings (SSSR count). The van der Waals surface area contributed by atoms with Crippen molar-refractivity contribution in [3.63, 3.8) is 0 Å². The quantitative estimate of drug-likeness (QED) is 0.824. The van der Waals surface area contributed by atoms with Crippen LogP contribution in [0, 0.1) is 0 Å². The second-order valence-corrected chi connectivity index (χ2v) is 5.04. The summed E-state index contributed by atoms with van der Waals surface area (Å²) >= 11 is 5.98. The lowest BCUT2D eigenvalue weighted by molar-refractivity contribution is 0.206. The Morgan fingerprint density at radius 3 is 2.90 bits per heavy atom. The molecule has 0 bridgehead atoms. The number of halogens is 1. The molecule has 0 spiro atoms. The van der Waals surface area contributed by atoms with E-state index >= 15 is 0 Å². The van der Waals surface area contributed by atoms with E-state index in [9.17, 15) is 0 Å². The van der Waals surface area contributed by atoms with Gasteiger partial charge >= 0.3 is 0 Å². The second kappa shape index (κ2) is 7.43. The molecule has 0 aliphatic heterocycles. The molecular formula is C15H20ClN3O. The maximum Gasteiger partial charge on any atom is 0.0737 e. The SMILES string of the molecule is CCN(CCO)CCNc1ccnc2cc(Cl)ccc12. The van der Waals surface area contributed by atoms with E-state index in [0.717, 1.165) is 36.2 Å². The third-order valence-corrected chi connectivity index (χ3v) is 3.55. The first kappa shape index (κ1) is 15.0. The summed E-state index contributed by atoms with van der Waals surface area (Å²) in [5, 5.41) is 14.2. The van der Waals surface area contributed by atoms with Gasteiger partial charge in [0.1, 0.15) is 0 Å². The van der Waals surface area contributed by atoms with Gasteiger partial charge in [-0.1, -0.05) is 18.5 Å². The third-order valence-electron chi connectivity index (χ3n) is 3.31.